The number of rotatable bonds is 10. The highest BCUT2D eigenvalue weighted by atomic mass is 35.5. The largest absolute Gasteiger partial charge is 0.489 e. The lowest BCUT2D eigenvalue weighted by Gasteiger charge is -2.41. The van der Waals surface area contributed by atoms with Crippen molar-refractivity contribution in [1.82, 2.24) is 20.5 Å². The summed E-state index contributed by atoms with van der Waals surface area (Å²) in [7, 11) is 0. The van der Waals surface area contributed by atoms with Crippen LogP contribution in [0.4, 0.5) is 4.79 Å². The van der Waals surface area contributed by atoms with E-state index in [1.807, 2.05) is 61.7 Å². The van der Waals surface area contributed by atoms with E-state index in [9.17, 15) is 9.59 Å². The number of nitrogens with zero attached hydrogens (tertiary/aromatic N) is 2. The first kappa shape index (κ1) is 40.5. The average molecular weight is 834 g/mol. The van der Waals surface area contributed by atoms with Gasteiger partial charge in [-0.05, 0) is 127 Å². The second-order valence-corrected chi connectivity index (χ2v) is 17.1. The van der Waals surface area contributed by atoms with Crippen LogP contribution in [0.15, 0.2) is 91.1 Å². The highest BCUT2D eigenvalue weighted by Gasteiger charge is 2.39. The van der Waals surface area contributed by atoms with Crippen molar-refractivity contribution in [3.63, 3.8) is 0 Å². The Labute approximate surface area is 356 Å². The van der Waals surface area contributed by atoms with E-state index in [0.29, 0.717) is 59.9 Å². The zero-order valence-electron chi connectivity index (χ0n) is 33.8. The summed E-state index contributed by atoms with van der Waals surface area (Å²) in [6, 6.07) is 26.8. The Morgan fingerprint density at radius 3 is 2.39 bits per heavy atom. The monoisotopic (exact) mass is 832 g/mol. The molecule has 5 aromatic rings. The van der Waals surface area contributed by atoms with E-state index in [1.165, 1.54) is 17.5 Å². The van der Waals surface area contributed by atoms with E-state index in [2.05, 4.69) is 53.7 Å². The third kappa shape index (κ3) is 9.32. The van der Waals surface area contributed by atoms with Gasteiger partial charge in [0.15, 0.2) is 17.6 Å². The summed E-state index contributed by atoms with van der Waals surface area (Å²) in [5, 5.41) is 7.49. The van der Waals surface area contributed by atoms with Gasteiger partial charge in [-0.25, -0.2) is 4.79 Å². The Bertz CT molecular complexity index is 2330. The molecule has 8 rings (SSSR count). The van der Waals surface area contributed by atoms with E-state index < -0.39 is 6.04 Å². The Morgan fingerprint density at radius 1 is 0.881 bits per heavy atom. The van der Waals surface area contributed by atoms with Gasteiger partial charge in [-0.15, -0.1) is 0 Å². The van der Waals surface area contributed by atoms with Crippen LogP contribution in [0.3, 0.4) is 0 Å². The van der Waals surface area contributed by atoms with Crippen molar-refractivity contribution in [2.75, 3.05) is 13.2 Å². The number of halogens is 2. The summed E-state index contributed by atoms with van der Waals surface area (Å²) in [5.74, 6) is 1.79. The molecule has 3 aliphatic rings. The predicted octanol–water partition coefficient (Wildman–Crippen LogP) is 10.3. The fourth-order valence-corrected chi connectivity index (χ4v) is 8.70. The van der Waals surface area contributed by atoms with Crippen LogP contribution in [0, 0.1) is 13.8 Å². The molecule has 3 heterocycles. The molecule has 59 heavy (non-hydrogen) atoms. The summed E-state index contributed by atoms with van der Waals surface area (Å²) < 4.78 is 18.8. The Hall–Kier alpha value is -5.25. The number of urea groups is 1. The minimum Gasteiger partial charge on any atom is -0.489 e. The van der Waals surface area contributed by atoms with Crippen molar-refractivity contribution in [3.8, 4) is 28.4 Å². The minimum absolute atomic E-state index is 0.168. The van der Waals surface area contributed by atoms with E-state index in [0.717, 1.165) is 64.8 Å². The molecule has 2 unspecified atom stereocenters. The maximum atomic E-state index is 14.1. The van der Waals surface area contributed by atoms with Gasteiger partial charge in [0.25, 0.3) is 0 Å². The first-order chi connectivity index (χ1) is 28.5. The number of hydrogen-bond donors (Lipinski definition) is 2. The van der Waals surface area contributed by atoms with Crippen LogP contribution < -0.4 is 24.8 Å². The molecule has 0 radical (unpaired) electrons. The van der Waals surface area contributed by atoms with Crippen molar-refractivity contribution >= 4 is 35.1 Å². The first-order valence-electron chi connectivity index (χ1n) is 20.5. The Morgan fingerprint density at radius 2 is 1.63 bits per heavy atom. The number of pyridine rings is 1. The maximum absolute atomic E-state index is 14.1. The van der Waals surface area contributed by atoms with Gasteiger partial charge in [0.2, 0.25) is 5.91 Å². The predicted molar refractivity (Wildman–Crippen MR) is 231 cm³/mol. The Kier molecular flexibility index (Phi) is 12.0. The third-order valence-corrected chi connectivity index (χ3v) is 12.8. The zero-order chi connectivity index (χ0) is 41.1. The van der Waals surface area contributed by atoms with Gasteiger partial charge in [0, 0.05) is 36.9 Å². The molecular weight excluding hydrogens is 783 g/mol. The number of nitrogens with one attached hydrogen (secondary N) is 2. The van der Waals surface area contributed by atoms with E-state index in [4.69, 9.17) is 37.4 Å². The molecule has 1 aromatic heterocycles. The molecule has 2 aliphatic heterocycles. The van der Waals surface area contributed by atoms with Crippen LogP contribution in [-0.2, 0) is 30.8 Å². The van der Waals surface area contributed by atoms with Gasteiger partial charge >= 0.3 is 6.03 Å². The van der Waals surface area contributed by atoms with Crippen LogP contribution in [0.25, 0.3) is 11.1 Å². The average Bonchev–Trinajstić information content (AvgIpc) is 3.24. The molecule has 11 heteroatoms. The number of aryl methyl sites for hydroxylation is 1. The lowest BCUT2D eigenvalue weighted by molar-refractivity contribution is -0.126. The van der Waals surface area contributed by atoms with Crippen LogP contribution in [0.5, 0.6) is 17.2 Å². The number of fused-ring (bicyclic) bond motifs is 2. The lowest BCUT2D eigenvalue weighted by atomic mass is 9.83. The van der Waals surface area contributed by atoms with Gasteiger partial charge < -0.3 is 29.7 Å². The quantitative estimate of drug-likeness (QED) is 0.145. The molecule has 1 saturated carbocycles. The molecule has 2 N–H and O–H groups in total. The second kappa shape index (κ2) is 17.5. The highest BCUT2D eigenvalue weighted by molar-refractivity contribution is 6.42. The van der Waals surface area contributed by atoms with Gasteiger partial charge in [-0.3, -0.25) is 9.78 Å². The summed E-state index contributed by atoms with van der Waals surface area (Å²) in [4.78, 5) is 34.3. The zero-order valence-corrected chi connectivity index (χ0v) is 35.3. The number of hydrogen-bond acceptors (Lipinski definition) is 6. The number of aromatic nitrogens is 1. The summed E-state index contributed by atoms with van der Waals surface area (Å²) >= 11 is 12.2. The van der Waals surface area contributed by atoms with Gasteiger partial charge in [0.05, 0.1) is 10.0 Å². The van der Waals surface area contributed by atoms with Gasteiger partial charge in [0.1, 0.15) is 25.0 Å². The molecular formula is C48H50Cl2N4O5. The normalized spacial score (nSPS) is 18.1. The topological polar surface area (TPSA) is 102 Å². The number of carbonyl (C=O) groups is 2. The standard InChI is InChI=1S/C48H50Cl2N4O5/c1-30-31(2)51-22-18-39(30)34-10-7-32(8-11-34)17-21-52-46(55)42-24-36-25-43-44(26-37(36)27-54(42)47(56)53-48(3)19-5-4-6-20-48)59-45(29-58-43)35-12-14-38(15-13-35)57-28-33-9-16-40(49)41(50)23-33/h7-16,18,22-23,25-26,42,45H,4-6,17,19-21,24,27-29H2,1-3H3,(H,52,55)(H,53,56). The number of amides is 3. The molecule has 4 aromatic carbocycles. The van der Waals surface area contributed by atoms with Crippen molar-refractivity contribution in [1.29, 1.82) is 0 Å². The second-order valence-electron chi connectivity index (χ2n) is 16.3. The molecule has 2 atom stereocenters. The minimum atomic E-state index is -0.678. The summed E-state index contributed by atoms with van der Waals surface area (Å²) in [5.41, 5.74) is 9.09. The van der Waals surface area contributed by atoms with Crippen LogP contribution in [0.2, 0.25) is 10.0 Å². The third-order valence-electron chi connectivity index (χ3n) is 12.1. The molecule has 3 amide bonds. The van der Waals surface area contributed by atoms with Crippen LogP contribution in [0.1, 0.15) is 84.2 Å². The van der Waals surface area contributed by atoms with Crippen molar-refractivity contribution in [3.05, 3.63) is 140 Å². The van der Waals surface area contributed by atoms with E-state index in [-0.39, 0.29) is 30.1 Å². The van der Waals surface area contributed by atoms with Crippen LogP contribution >= 0.6 is 23.2 Å². The molecule has 0 bridgehead atoms. The number of benzene rings is 4. The number of carbonyl (C=O) groups excluding carboxylic acids is 2. The molecule has 9 nitrogen and oxygen atoms in total. The first-order valence-corrected chi connectivity index (χ1v) is 21.3. The molecule has 0 saturated heterocycles. The van der Waals surface area contributed by atoms with Gasteiger partial charge in [-0.2, -0.15) is 0 Å². The highest BCUT2D eigenvalue weighted by Crippen LogP contribution is 2.41. The number of ether oxygens (including phenoxy) is 3. The summed E-state index contributed by atoms with van der Waals surface area (Å²) in [6.45, 7) is 7.65. The van der Waals surface area contributed by atoms with Gasteiger partial charge in [-0.1, -0.05) is 84.9 Å². The molecule has 0 spiro atoms. The lowest BCUT2D eigenvalue weighted by Crippen LogP contribution is -2.59. The maximum Gasteiger partial charge on any atom is 0.318 e. The van der Waals surface area contributed by atoms with Crippen molar-refractivity contribution < 1.29 is 23.8 Å². The SMILES string of the molecule is Cc1nccc(-c2ccc(CCNC(=O)C3Cc4cc5c(cc4CN3C(=O)NC3(C)CCCCC3)OC(c3ccc(OCc4ccc(Cl)c(Cl)c4)cc3)CO5)cc2)c1C. The fourth-order valence-electron chi connectivity index (χ4n) is 8.38. The molecule has 1 fully saturated rings. The summed E-state index contributed by atoms with van der Waals surface area (Å²) in [6.07, 6.45) is 7.71. The van der Waals surface area contributed by atoms with E-state index in [1.54, 1.807) is 17.0 Å². The molecule has 306 valence electrons. The van der Waals surface area contributed by atoms with Crippen LogP contribution in [-0.4, -0.2) is 46.6 Å². The van der Waals surface area contributed by atoms with Crippen molar-refractivity contribution in [2.45, 2.75) is 96.6 Å². The Balaban J connectivity index is 0.941. The van der Waals surface area contributed by atoms with Crippen molar-refractivity contribution in [2.24, 2.45) is 0 Å². The smallest absolute Gasteiger partial charge is 0.318 e. The fraction of sp³-hybridized carbons (Fsp3) is 0.354. The molecule has 1 aliphatic carbocycles. The van der Waals surface area contributed by atoms with E-state index >= 15 is 0 Å².